The summed E-state index contributed by atoms with van der Waals surface area (Å²) in [5.41, 5.74) is 5.19. The lowest BCUT2D eigenvalue weighted by Crippen LogP contribution is -2.62. The van der Waals surface area contributed by atoms with Crippen molar-refractivity contribution in [3.63, 3.8) is 0 Å². The van der Waals surface area contributed by atoms with Crippen molar-refractivity contribution in [2.75, 3.05) is 39.3 Å². The Labute approximate surface area is 308 Å². The number of fused-ring (bicyclic) bond motifs is 2. The molecule has 1 saturated heterocycles. The highest BCUT2D eigenvalue weighted by atomic mass is 16.7. The predicted molar refractivity (Wildman–Crippen MR) is 203 cm³/mol. The summed E-state index contributed by atoms with van der Waals surface area (Å²) < 4.78 is 6.05. The molecule has 4 aliphatic rings. The van der Waals surface area contributed by atoms with Crippen LogP contribution in [0.5, 0.6) is 5.75 Å². The van der Waals surface area contributed by atoms with Gasteiger partial charge in [0.15, 0.2) is 0 Å². The number of nitrogens with one attached hydrogen (secondary N) is 2. The zero-order valence-electron chi connectivity index (χ0n) is 31.6. The van der Waals surface area contributed by atoms with E-state index in [-0.39, 0.29) is 36.4 Å². The predicted octanol–water partition coefficient (Wildman–Crippen LogP) is 5.06. The summed E-state index contributed by atoms with van der Waals surface area (Å²) in [6, 6.07) is 20.9. The summed E-state index contributed by atoms with van der Waals surface area (Å²) in [5, 5.41) is 29.3. The van der Waals surface area contributed by atoms with E-state index in [4.69, 9.17) is 9.57 Å². The molecular weight excluding hydrogens is 656 g/mol. The minimum absolute atomic E-state index is 0.0422. The second-order valence-corrected chi connectivity index (χ2v) is 15.9. The van der Waals surface area contributed by atoms with E-state index >= 15 is 0 Å². The Kier molecular flexibility index (Phi) is 11.3. The maximum atomic E-state index is 14.2. The lowest BCUT2D eigenvalue weighted by atomic mass is 9.45. The Morgan fingerprint density at radius 3 is 2.46 bits per heavy atom. The molecule has 10 nitrogen and oxygen atoms in total. The summed E-state index contributed by atoms with van der Waals surface area (Å²) in [7, 11) is 5.48. The van der Waals surface area contributed by atoms with Crippen molar-refractivity contribution in [1.82, 2.24) is 15.7 Å². The van der Waals surface area contributed by atoms with Gasteiger partial charge in [0.2, 0.25) is 5.91 Å². The quantitative estimate of drug-likeness (QED) is 0.194. The lowest BCUT2D eigenvalue weighted by molar-refractivity contribution is -0.183. The van der Waals surface area contributed by atoms with Crippen LogP contribution in [-0.4, -0.2) is 85.7 Å². The monoisotopic (exact) mass is 712 g/mol. The van der Waals surface area contributed by atoms with Crippen LogP contribution in [0.3, 0.4) is 0 Å². The first kappa shape index (κ1) is 37.8. The molecule has 8 atom stereocenters. The van der Waals surface area contributed by atoms with Crippen LogP contribution in [0.25, 0.3) is 11.1 Å². The average molecular weight is 713 g/mol. The Balaban J connectivity index is 1.26. The van der Waals surface area contributed by atoms with Crippen molar-refractivity contribution >= 4 is 17.5 Å². The van der Waals surface area contributed by atoms with Crippen molar-refractivity contribution in [3.8, 4) is 16.9 Å². The number of ether oxygens (including phenoxy) is 1. The molecular formula is C42H56N4O6. The summed E-state index contributed by atoms with van der Waals surface area (Å²) in [4.78, 5) is 35.9. The number of aliphatic hydroxyl groups excluding tert-OH is 2. The fourth-order valence-corrected chi connectivity index (χ4v) is 9.05. The first-order valence-electron chi connectivity index (χ1n) is 18.7. The number of hydrogen-bond donors (Lipinski definition) is 4. The zero-order valence-corrected chi connectivity index (χ0v) is 31.6. The second kappa shape index (κ2) is 15.6. The fourth-order valence-electron chi connectivity index (χ4n) is 9.05. The topological polar surface area (TPSA) is 124 Å². The normalized spacial score (nSPS) is 27.0. The number of benzene rings is 3. The molecule has 1 aliphatic heterocycles. The zero-order chi connectivity index (χ0) is 37.3. The Hall–Kier alpha value is -3.96. The average Bonchev–Trinajstić information content (AvgIpc) is 3.51. The molecule has 0 aromatic heterocycles. The number of methoxy groups -OCH3 is 1. The molecule has 3 aromatic carbocycles. The largest absolute Gasteiger partial charge is 0.496 e. The van der Waals surface area contributed by atoms with Gasteiger partial charge < -0.3 is 30.5 Å². The number of anilines is 1. The van der Waals surface area contributed by atoms with Gasteiger partial charge in [-0.25, -0.2) is 0 Å². The number of aliphatic hydroxyl groups is 2. The van der Waals surface area contributed by atoms with E-state index in [1.54, 1.807) is 19.1 Å². The number of rotatable bonds is 13. The molecule has 10 heteroatoms. The third kappa shape index (κ3) is 7.44. The molecule has 0 spiro atoms. The molecule has 7 rings (SSSR count). The SMILES string of the molecule is COc1c(CN2O[C@@H](CO)[C@@H]([C@H](C)O)[C@H]2C(=O)N[C@H]2C[C@H]3C[C@@H]([C@@H]2C)C3(C)C)cccc1-c1cc(C(=O)NCCc2ccccc2)cc(N(C)C)c1. The Morgan fingerprint density at radius 2 is 1.83 bits per heavy atom. The van der Waals surface area contributed by atoms with Crippen LogP contribution in [0.1, 0.15) is 62.0 Å². The van der Waals surface area contributed by atoms with E-state index < -0.39 is 24.2 Å². The van der Waals surface area contributed by atoms with Gasteiger partial charge in [-0.2, -0.15) is 5.06 Å². The van der Waals surface area contributed by atoms with Crippen molar-refractivity contribution in [2.24, 2.45) is 29.1 Å². The highest BCUT2D eigenvalue weighted by Gasteiger charge is 2.57. The smallest absolute Gasteiger partial charge is 0.251 e. The van der Waals surface area contributed by atoms with E-state index in [1.165, 1.54) is 6.42 Å². The Morgan fingerprint density at radius 1 is 1.08 bits per heavy atom. The molecule has 52 heavy (non-hydrogen) atoms. The first-order chi connectivity index (χ1) is 24.8. The minimum atomic E-state index is -0.895. The van der Waals surface area contributed by atoms with E-state index in [2.05, 4.69) is 31.4 Å². The van der Waals surface area contributed by atoms with Crippen LogP contribution in [-0.2, 0) is 22.6 Å². The van der Waals surface area contributed by atoms with Gasteiger partial charge in [0.1, 0.15) is 17.9 Å². The molecule has 2 bridgehead atoms. The lowest BCUT2D eigenvalue weighted by Gasteiger charge is -2.62. The highest BCUT2D eigenvalue weighted by molar-refractivity contribution is 5.97. The van der Waals surface area contributed by atoms with Crippen LogP contribution in [0.4, 0.5) is 5.69 Å². The van der Waals surface area contributed by atoms with Gasteiger partial charge in [0.05, 0.1) is 26.4 Å². The van der Waals surface area contributed by atoms with E-state index in [1.807, 2.05) is 85.7 Å². The maximum absolute atomic E-state index is 14.2. The summed E-state index contributed by atoms with van der Waals surface area (Å²) in [6.07, 6.45) is 1.22. The number of hydroxylamine groups is 2. The van der Waals surface area contributed by atoms with Crippen LogP contribution < -0.4 is 20.3 Å². The number of carbonyl (C=O) groups is 2. The van der Waals surface area contributed by atoms with Gasteiger partial charge in [-0.1, -0.05) is 69.3 Å². The number of nitrogens with zero attached hydrogens (tertiary/aromatic N) is 2. The third-order valence-corrected chi connectivity index (χ3v) is 12.2. The van der Waals surface area contributed by atoms with Crippen molar-refractivity contribution in [1.29, 1.82) is 0 Å². The molecule has 2 amide bonds. The van der Waals surface area contributed by atoms with Gasteiger partial charge in [-0.15, -0.1) is 0 Å². The summed E-state index contributed by atoms with van der Waals surface area (Å²) >= 11 is 0. The number of carbonyl (C=O) groups excluding carboxylic acids is 2. The van der Waals surface area contributed by atoms with Gasteiger partial charge in [-0.05, 0) is 78.7 Å². The van der Waals surface area contributed by atoms with Gasteiger partial charge in [-0.3, -0.25) is 14.4 Å². The molecule has 0 unspecified atom stereocenters. The van der Waals surface area contributed by atoms with E-state index in [0.717, 1.165) is 40.8 Å². The number of amides is 2. The summed E-state index contributed by atoms with van der Waals surface area (Å²) in [5.74, 6) is 1.06. The molecule has 1 heterocycles. The molecule has 4 fully saturated rings. The van der Waals surface area contributed by atoms with Gasteiger partial charge in [0, 0.05) is 55.0 Å². The van der Waals surface area contributed by atoms with Crippen LogP contribution >= 0.6 is 0 Å². The first-order valence-corrected chi connectivity index (χ1v) is 18.7. The van der Waals surface area contributed by atoms with Crippen LogP contribution in [0.15, 0.2) is 66.7 Å². The maximum Gasteiger partial charge on any atom is 0.251 e. The van der Waals surface area contributed by atoms with E-state index in [9.17, 15) is 19.8 Å². The van der Waals surface area contributed by atoms with Crippen LogP contribution in [0, 0.1) is 29.1 Å². The van der Waals surface area contributed by atoms with Crippen LogP contribution in [0.2, 0.25) is 0 Å². The van der Waals surface area contributed by atoms with Crippen molar-refractivity contribution in [2.45, 2.75) is 77.8 Å². The van der Waals surface area contributed by atoms with Gasteiger partial charge in [0.25, 0.3) is 5.91 Å². The van der Waals surface area contributed by atoms with Gasteiger partial charge >= 0.3 is 0 Å². The number of hydrogen-bond acceptors (Lipinski definition) is 8. The molecule has 280 valence electrons. The summed E-state index contributed by atoms with van der Waals surface area (Å²) in [6.45, 7) is 8.91. The van der Waals surface area contributed by atoms with Crippen molar-refractivity contribution in [3.05, 3.63) is 83.4 Å². The molecule has 3 aliphatic carbocycles. The Bertz CT molecular complexity index is 1730. The molecule has 4 N–H and O–H groups in total. The second-order valence-electron chi connectivity index (χ2n) is 15.9. The standard InChI is InChI=1S/C42H56N4O6/c1-25-34-21-31(42(34,3)4)22-35(25)44-41(50)38-37(26(2)48)36(24-47)52-46(38)23-28-14-11-15-33(39(28)51-7)29-18-30(20-32(19-29)45(5)6)40(49)43-17-16-27-12-9-8-10-13-27/h8-15,18-20,25-26,31,34-38,47-48H,16-17,21-24H2,1-7H3,(H,43,49)(H,44,50)/t25-,26-,31+,34-,35-,36-,37+,38-/m0/s1. The van der Waals surface area contributed by atoms with Crippen molar-refractivity contribution < 1.29 is 29.4 Å². The third-order valence-electron chi connectivity index (χ3n) is 12.2. The molecule has 3 aromatic rings. The highest BCUT2D eigenvalue weighted by Crippen LogP contribution is 2.61. The van der Waals surface area contributed by atoms with E-state index in [0.29, 0.717) is 35.6 Å². The minimum Gasteiger partial charge on any atom is -0.496 e. The molecule has 0 radical (unpaired) electrons. The fraction of sp³-hybridized carbons (Fsp3) is 0.524. The molecule has 3 saturated carbocycles. The number of para-hydroxylation sites is 1.